The molecule has 0 aliphatic carbocycles. The maximum absolute atomic E-state index is 12.1. The van der Waals surface area contributed by atoms with E-state index in [9.17, 15) is 19.8 Å². The molecule has 0 fully saturated rings. The first kappa shape index (κ1) is 25.9. The van der Waals surface area contributed by atoms with Gasteiger partial charge in [0.05, 0.1) is 25.7 Å². The first-order valence-electron chi connectivity index (χ1n) is 10.5. The molecule has 0 rings (SSSR count). The summed E-state index contributed by atoms with van der Waals surface area (Å²) in [7, 11) is 1.36. The molecule has 0 aromatic carbocycles. The molecule has 0 aromatic heterocycles. The fraction of sp³-hybridized carbons (Fsp3) is 0.905. The second-order valence-electron chi connectivity index (χ2n) is 7.32. The van der Waals surface area contributed by atoms with E-state index >= 15 is 0 Å². The molecule has 3 atom stereocenters. The topological polar surface area (TPSA) is 93.1 Å². The third-order valence-electron chi connectivity index (χ3n) is 4.65. The third kappa shape index (κ3) is 15.6. The third-order valence-corrected chi connectivity index (χ3v) is 4.65. The molecule has 6 nitrogen and oxygen atoms in total. The summed E-state index contributed by atoms with van der Waals surface area (Å²) in [6.45, 7) is 4.21. The van der Waals surface area contributed by atoms with Crippen molar-refractivity contribution in [1.82, 2.24) is 0 Å². The molecular formula is C21H40O6. The van der Waals surface area contributed by atoms with E-state index in [2.05, 4.69) is 18.6 Å². The standard InChI is InChI=1S/C21H40O6/c1-4-6-8-11-17(22)15-18(23)16-21(25)27-19(12-9-7-5-2)13-10-14-20(24)26-3/h17-19,22-23H,4-16H2,1-3H3. The maximum atomic E-state index is 12.1. The molecule has 0 radical (unpaired) electrons. The van der Waals surface area contributed by atoms with Gasteiger partial charge in [-0.05, 0) is 38.5 Å². The Kier molecular flexibility index (Phi) is 16.3. The summed E-state index contributed by atoms with van der Waals surface area (Å²) in [4.78, 5) is 23.4. The highest BCUT2D eigenvalue weighted by Crippen LogP contribution is 2.16. The van der Waals surface area contributed by atoms with Gasteiger partial charge in [-0.3, -0.25) is 9.59 Å². The average molecular weight is 389 g/mol. The number of hydrogen-bond donors (Lipinski definition) is 2. The van der Waals surface area contributed by atoms with Crippen LogP contribution in [0.1, 0.15) is 97.3 Å². The summed E-state index contributed by atoms with van der Waals surface area (Å²) in [5, 5.41) is 20.0. The molecule has 27 heavy (non-hydrogen) atoms. The van der Waals surface area contributed by atoms with Gasteiger partial charge >= 0.3 is 11.9 Å². The Balaban J connectivity index is 4.27. The zero-order valence-electron chi connectivity index (χ0n) is 17.5. The van der Waals surface area contributed by atoms with Crippen LogP contribution in [0.3, 0.4) is 0 Å². The molecule has 0 bridgehead atoms. The van der Waals surface area contributed by atoms with E-state index in [1.54, 1.807) is 0 Å². The molecule has 0 spiro atoms. The largest absolute Gasteiger partial charge is 0.469 e. The molecule has 6 heteroatoms. The first-order valence-corrected chi connectivity index (χ1v) is 10.5. The van der Waals surface area contributed by atoms with Crippen LogP contribution in [0, 0.1) is 0 Å². The number of rotatable bonds is 17. The van der Waals surface area contributed by atoms with Crippen molar-refractivity contribution in [3.8, 4) is 0 Å². The van der Waals surface area contributed by atoms with Crippen molar-refractivity contribution in [3.05, 3.63) is 0 Å². The lowest BCUT2D eigenvalue weighted by Crippen LogP contribution is -2.25. The Morgan fingerprint density at radius 3 is 2.00 bits per heavy atom. The Hall–Kier alpha value is -1.14. The van der Waals surface area contributed by atoms with Crippen molar-refractivity contribution in [3.63, 3.8) is 0 Å². The first-order chi connectivity index (χ1) is 12.9. The molecule has 0 saturated heterocycles. The minimum absolute atomic E-state index is 0.105. The van der Waals surface area contributed by atoms with Gasteiger partial charge in [-0.1, -0.05) is 46.0 Å². The van der Waals surface area contributed by atoms with Crippen molar-refractivity contribution in [2.75, 3.05) is 7.11 Å². The summed E-state index contributed by atoms with van der Waals surface area (Å²) >= 11 is 0. The monoisotopic (exact) mass is 388 g/mol. The van der Waals surface area contributed by atoms with Crippen LogP contribution in [0.15, 0.2) is 0 Å². The number of aliphatic hydroxyl groups excluding tert-OH is 2. The summed E-state index contributed by atoms with van der Waals surface area (Å²) in [6, 6.07) is 0. The Morgan fingerprint density at radius 1 is 0.815 bits per heavy atom. The number of methoxy groups -OCH3 is 1. The van der Waals surface area contributed by atoms with Crippen LogP contribution in [-0.2, 0) is 19.1 Å². The average Bonchev–Trinajstić information content (AvgIpc) is 2.61. The number of ether oxygens (including phenoxy) is 2. The van der Waals surface area contributed by atoms with Crippen LogP contribution in [0.5, 0.6) is 0 Å². The van der Waals surface area contributed by atoms with Gasteiger partial charge in [-0.25, -0.2) is 0 Å². The van der Waals surface area contributed by atoms with Crippen LogP contribution in [-0.4, -0.2) is 47.6 Å². The fourth-order valence-electron chi connectivity index (χ4n) is 3.03. The van der Waals surface area contributed by atoms with E-state index in [0.29, 0.717) is 25.7 Å². The van der Waals surface area contributed by atoms with Crippen molar-refractivity contribution in [2.24, 2.45) is 0 Å². The van der Waals surface area contributed by atoms with Crippen molar-refractivity contribution < 1.29 is 29.3 Å². The van der Waals surface area contributed by atoms with E-state index in [-0.39, 0.29) is 24.9 Å². The lowest BCUT2D eigenvalue weighted by molar-refractivity contribution is -0.152. The number of esters is 2. The lowest BCUT2D eigenvalue weighted by atomic mass is 10.0. The maximum Gasteiger partial charge on any atom is 0.308 e. The van der Waals surface area contributed by atoms with Crippen molar-refractivity contribution in [2.45, 2.75) is 116 Å². The van der Waals surface area contributed by atoms with Crippen LogP contribution in [0.25, 0.3) is 0 Å². The van der Waals surface area contributed by atoms with E-state index in [4.69, 9.17) is 4.74 Å². The molecule has 0 aliphatic heterocycles. The van der Waals surface area contributed by atoms with E-state index in [1.807, 2.05) is 0 Å². The minimum Gasteiger partial charge on any atom is -0.469 e. The van der Waals surface area contributed by atoms with Crippen molar-refractivity contribution >= 4 is 11.9 Å². The molecule has 0 heterocycles. The van der Waals surface area contributed by atoms with E-state index in [1.165, 1.54) is 7.11 Å². The van der Waals surface area contributed by atoms with Gasteiger partial charge in [0.1, 0.15) is 6.10 Å². The number of aliphatic hydroxyl groups is 2. The normalized spacial score (nSPS) is 14.4. The van der Waals surface area contributed by atoms with Crippen molar-refractivity contribution in [1.29, 1.82) is 0 Å². The second kappa shape index (κ2) is 17.0. The van der Waals surface area contributed by atoms with Crippen LogP contribution >= 0.6 is 0 Å². The van der Waals surface area contributed by atoms with Gasteiger partial charge in [0.25, 0.3) is 0 Å². The van der Waals surface area contributed by atoms with Crippen LogP contribution < -0.4 is 0 Å². The highest BCUT2D eigenvalue weighted by Gasteiger charge is 2.20. The molecule has 3 unspecified atom stereocenters. The number of carbonyl (C=O) groups excluding carboxylic acids is 2. The zero-order chi connectivity index (χ0) is 20.5. The highest BCUT2D eigenvalue weighted by atomic mass is 16.5. The fourth-order valence-corrected chi connectivity index (χ4v) is 3.03. The number of hydrogen-bond acceptors (Lipinski definition) is 6. The molecular weight excluding hydrogens is 348 g/mol. The van der Waals surface area contributed by atoms with Crippen LogP contribution in [0.4, 0.5) is 0 Å². The summed E-state index contributed by atoms with van der Waals surface area (Å²) in [5.41, 5.74) is 0. The van der Waals surface area contributed by atoms with Gasteiger partial charge in [0, 0.05) is 6.42 Å². The predicted molar refractivity (Wildman–Crippen MR) is 105 cm³/mol. The summed E-state index contributed by atoms with van der Waals surface area (Å²) in [5.74, 6) is -0.705. The zero-order valence-corrected chi connectivity index (χ0v) is 17.5. The van der Waals surface area contributed by atoms with Gasteiger partial charge in [0.2, 0.25) is 0 Å². The molecule has 2 N–H and O–H groups in total. The molecule has 0 saturated carbocycles. The summed E-state index contributed by atoms with van der Waals surface area (Å²) in [6.07, 6.45) is 7.49. The molecule has 0 aromatic rings. The SMILES string of the molecule is CCCCCC(O)CC(O)CC(=O)OC(CCCCC)CCCC(=O)OC. The van der Waals surface area contributed by atoms with Gasteiger partial charge in [-0.2, -0.15) is 0 Å². The van der Waals surface area contributed by atoms with Gasteiger partial charge in [0.15, 0.2) is 0 Å². The number of carbonyl (C=O) groups is 2. The van der Waals surface area contributed by atoms with Crippen LogP contribution in [0.2, 0.25) is 0 Å². The number of unbranched alkanes of at least 4 members (excludes halogenated alkanes) is 4. The lowest BCUT2D eigenvalue weighted by Gasteiger charge is -2.20. The molecule has 160 valence electrons. The quantitative estimate of drug-likeness (QED) is 0.290. The van der Waals surface area contributed by atoms with E-state index in [0.717, 1.165) is 44.9 Å². The van der Waals surface area contributed by atoms with Gasteiger partial charge in [-0.15, -0.1) is 0 Å². The smallest absolute Gasteiger partial charge is 0.308 e. The second-order valence-corrected chi connectivity index (χ2v) is 7.32. The predicted octanol–water partition coefficient (Wildman–Crippen LogP) is 3.90. The Labute approximate surface area is 164 Å². The molecule has 0 amide bonds. The Bertz CT molecular complexity index is 385. The van der Waals surface area contributed by atoms with E-state index < -0.39 is 18.2 Å². The Morgan fingerprint density at radius 2 is 1.41 bits per heavy atom. The highest BCUT2D eigenvalue weighted by molar-refractivity contribution is 5.70. The molecule has 0 aliphatic rings. The van der Waals surface area contributed by atoms with Gasteiger partial charge < -0.3 is 19.7 Å². The summed E-state index contributed by atoms with van der Waals surface area (Å²) < 4.78 is 10.2. The minimum atomic E-state index is -0.888.